The predicted molar refractivity (Wildman–Crippen MR) is 143 cm³/mol. The molecule has 1 N–H and O–H groups in total. The number of ether oxygens (including phenoxy) is 1. The molecule has 0 spiro atoms. The second-order valence-electron chi connectivity index (χ2n) is 11.0. The molecule has 0 bridgehead atoms. The molecule has 6 unspecified atom stereocenters. The largest absolute Gasteiger partial charge is 0.504 e. The number of carbonyl (C=O) groups is 4. The topological polar surface area (TPSA) is 104 Å². The number of methoxy groups -OCH3 is 1. The number of likely N-dealkylation sites (tertiary alicyclic amines) is 1. The first-order valence-electron chi connectivity index (χ1n) is 13.4. The summed E-state index contributed by atoms with van der Waals surface area (Å²) in [5.41, 5.74) is -1.79. The molecule has 2 heterocycles. The van der Waals surface area contributed by atoms with E-state index in [4.69, 9.17) is 27.9 Å². The zero-order valence-electron chi connectivity index (χ0n) is 22.8. The molecule has 0 radical (unpaired) electrons. The Kier molecular flexibility index (Phi) is 6.82. The highest BCUT2D eigenvalue weighted by Gasteiger charge is 2.77. The molecule has 2 aliphatic heterocycles. The van der Waals surface area contributed by atoms with Crippen molar-refractivity contribution in [1.29, 1.82) is 0 Å². The lowest BCUT2D eigenvalue weighted by atomic mass is 9.56. The van der Waals surface area contributed by atoms with Crippen LogP contribution in [0.15, 0.2) is 29.8 Å². The van der Waals surface area contributed by atoms with E-state index in [1.54, 1.807) is 13.0 Å². The summed E-state index contributed by atoms with van der Waals surface area (Å²) in [5.74, 6) is -21.9. The molecule has 4 aliphatic rings. The summed E-state index contributed by atoms with van der Waals surface area (Å²) in [5, 5.41) is 11.2. The fourth-order valence-electron chi connectivity index (χ4n) is 7.23. The van der Waals surface area contributed by atoms with Crippen molar-refractivity contribution in [2.45, 2.75) is 35.4 Å². The number of phenolic OH excluding ortho intramolecular Hbond substituents is 1. The summed E-state index contributed by atoms with van der Waals surface area (Å²) >= 11 is 14.0. The number of anilines is 1. The predicted octanol–water partition coefficient (Wildman–Crippen LogP) is 4.68. The molecule has 3 fully saturated rings. The van der Waals surface area contributed by atoms with Crippen molar-refractivity contribution in [3.8, 4) is 11.5 Å². The minimum absolute atomic E-state index is 0.00451. The van der Waals surface area contributed by atoms with Crippen LogP contribution in [0.1, 0.15) is 31.2 Å². The third-order valence-corrected chi connectivity index (χ3v) is 10.6. The molecule has 44 heavy (non-hydrogen) atoms. The molecule has 6 rings (SSSR count). The zero-order chi connectivity index (χ0) is 32.2. The highest BCUT2D eigenvalue weighted by Crippen LogP contribution is 2.67. The summed E-state index contributed by atoms with van der Waals surface area (Å²) in [7, 11) is 1.23. The molecule has 0 aromatic heterocycles. The van der Waals surface area contributed by atoms with Crippen molar-refractivity contribution in [3.63, 3.8) is 0 Å². The van der Waals surface area contributed by atoms with Gasteiger partial charge in [-0.1, -0.05) is 23.8 Å². The molecule has 4 amide bonds. The van der Waals surface area contributed by atoms with Crippen LogP contribution in [-0.2, 0) is 19.2 Å². The summed E-state index contributed by atoms with van der Waals surface area (Å²) in [4.78, 5) is 50.2. The number of phenols is 1. The fourth-order valence-corrected chi connectivity index (χ4v) is 8.15. The first kappa shape index (κ1) is 30.3. The summed E-state index contributed by atoms with van der Waals surface area (Å²) in [6, 6.07) is 4.09. The number of alkyl halides is 2. The fraction of sp³-hybridized carbons (Fsp3) is 0.379. The lowest BCUT2D eigenvalue weighted by Gasteiger charge is -2.50. The van der Waals surface area contributed by atoms with E-state index in [2.05, 4.69) is 0 Å². The van der Waals surface area contributed by atoms with Crippen molar-refractivity contribution < 1.29 is 51.0 Å². The van der Waals surface area contributed by atoms with Gasteiger partial charge in [-0.25, -0.2) is 26.9 Å². The van der Waals surface area contributed by atoms with E-state index in [-0.39, 0.29) is 34.8 Å². The number of halogens is 7. The van der Waals surface area contributed by atoms with Gasteiger partial charge in [-0.3, -0.25) is 24.1 Å². The minimum atomic E-state index is -2.74. The molecular weight excluding hydrogens is 638 g/mol. The van der Waals surface area contributed by atoms with Gasteiger partial charge in [0.15, 0.2) is 44.5 Å². The monoisotopic (exact) mass is 658 g/mol. The van der Waals surface area contributed by atoms with Crippen LogP contribution in [0, 0.1) is 46.8 Å². The number of hydrogen-bond acceptors (Lipinski definition) is 6. The lowest BCUT2D eigenvalue weighted by molar-refractivity contribution is -0.140. The van der Waals surface area contributed by atoms with Crippen molar-refractivity contribution in [1.82, 2.24) is 4.90 Å². The second-order valence-corrected chi connectivity index (χ2v) is 12.3. The summed E-state index contributed by atoms with van der Waals surface area (Å²) in [6.45, 7) is 1.64. The van der Waals surface area contributed by atoms with E-state index in [0.29, 0.717) is 0 Å². The van der Waals surface area contributed by atoms with Gasteiger partial charge in [-0.2, -0.15) is 0 Å². The highest BCUT2D eigenvalue weighted by atomic mass is 35.5. The number of benzene rings is 2. The molecule has 15 heteroatoms. The first-order valence-corrected chi connectivity index (χ1v) is 14.1. The molecule has 6 atom stereocenters. The van der Waals surface area contributed by atoms with Crippen molar-refractivity contribution in [2.24, 2.45) is 17.8 Å². The van der Waals surface area contributed by atoms with Crippen LogP contribution >= 0.6 is 23.2 Å². The Bertz CT molecular complexity index is 1710. The number of allylic oxidation sites excluding steroid dienone is 2. The average Bonchev–Trinajstić information content (AvgIpc) is 3.33. The number of para-hydroxylation sites is 1. The Morgan fingerprint density at radius 2 is 1.55 bits per heavy atom. The first-order chi connectivity index (χ1) is 20.7. The van der Waals surface area contributed by atoms with E-state index < -0.39 is 104 Å². The van der Waals surface area contributed by atoms with Crippen LogP contribution in [0.3, 0.4) is 0 Å². The molecule has 232 valence electrons. The van der Waals surface area contributed by atoms with Gasteiger partial charge in [0, 0.05) is 18.0 Å². The third kappa shape index (κ3) is 3.50. The maximum atomic E-state index is 15.1. The van der Waals surface area contributed by atoms with E-state index >= 15 is 8.78 Å². The maximum Gasteiger partial charge on any atom is 0.258 e. The van der Waals surface area contributed by atoms with Crippen LogP contribution in [0.4, 0.5) is 27.6 Å². The van der Waals surface area contributed by atoms with Gasteiger partial charge in [0.2, 0.25) is 17.6 Å². The van der Waals surface area contributed by atoms with Crippen LogP contribution in [0.2, 0.25) is 0 Å². The van der Waals surface area contributed by atoms with Crippen molar-refractivity contribution >= 4 is 52.5 Å². The number of amides is 4. The number of rotatable bonds is 4. The number of aromatic hydroxyl groups is 1. The Labute approximate surface area is 255 Å². The minimum Gasteiger partial charge on any atom is -0.504 e. The summed E-state index contributed by atoms with van der Waals surface area (Å²) < 4.78 is 77.8. The number of hydrogen-bond donors (Lipinski definition) is 1. The average molecular weight is 659 g/mol. The second kappa shape index (κ2) is 9.90. The van der Waals surface area contributed by atoms with Gasteiger partial charge in [-0.05, 0) is 31.7 Å². The van der Waals surface area contributed by atoms with E-state index in [1.807, 2.05) is 0 Å². The van der Waals surface area contributed by atoms with Crippen LogP contribution in [-0.4, -0.2) is 57.0 Å². The third-order valence-electron chi connectivity index (χ3n) is 9.19. The Hall–Kier alpha value is -3.71. The quantitative estimate of drug-likeness (QED) is 0.128. The molecule has 2 aromatic rings. The van der Waals surface area contributed by atoms with E-state index in [9.17, 15) is 37.5 Å². The lowest BCUT2D eigenvalue weighted by Crippen LogP contribution is -2.60. The highest BCUT2D eigenvalue weighted by molar-refractivity contribution is 6.58. The number of nitrogens with zero attached hydrogens (tertiary/aromatic N) is 2. The standard InChI is InChI=1S/C29H21Cl2F5N2O6/c1-3-37-24(40)11-8-7-10-13(15(11)25(37)41)9-28(30)26(42)38(22-20(35)18(33)17(32)19(34)21(22)36)27(43)29(28,31)16(10)12-5-4-6-14(44-2)23(12)39/h4-7,11,13,15-16,39H,3,8-9H2,1-2H3. The summed E-state index contributed by atoms with van der Waals surface area (Å²) in [6.07, 6.45) is 0.920. The number of carbonyl (C=O) groups excluding carboxylic acids is 4. The number of imide groups is 2. The van der Waals surface area contributed by atoms with Gasteiger partial charge in [0.05, 0.1) is 18.9 Å². The van der Waals surface area contributed by atoms with Crippen LogP contribution in [0.5, 0.6) is 11.5 Å². The smallest absolute Gasteiger partial charge is 0.258 e. The van der Waals surface area contributed by atoms with E-state index in [0.717, 1.165) is 4.90 Å². The molecule has 2 saturated heterocycles. The zero-order valence-corrected chi connectivity index (χ0v) is 24.3. The van der Waals surface area contributed by atoms with Crippen molar-refractivity contribution in [3.05, 3.63) is 64.5 Å². The molecule has 2 aliphatic carbocycles. The van der Waals surface area contributed by atoms with Gasteiger partial charge < -0.3 is 9.84 Å². The Morgan fingerprint density at radius 3 is 2.14 bits per heavy atom. The number of fused-ring (bicyclic) bond motifs is 4. The molecule has 2 aromatic carbocycles. The van der Waals surface area contributed by atoms with Gasteiger partial charge in [0.1, 0.15) is 5.69 Å². The Morgan fingerprint density at radius 1 is 0.932 bits per heavy atom. The van der Waals surface area contributed by atoms with E-state index in [1.165, 1.54) is 25.3 Å². The van der Waals surface area contributed by atoms with Gasteiger partial charge >= 0.3 is 0 Å². The van der Waals surface area contributed by atoms with Gasteiger partial charge in [-0.15, -0.1) is 23.2 Å². The Balaban J connectivity index is 1.63. The SMILES string of the molecule is CCN1C(=O)C2CC=C3C(CC4(Cl)C(=O)N(c5c(F)c(F)c(F)c(F)c5F)C(=O)C4(Cl)C3c3cccc(OC)c3O)C2C1=O. The van der Waals surface area contributed by atoms with Crippen LogP contribution in [0.25, 0.3) is 0 Å². The van der Waals surface area contributed by atoms with Gasteiger partial charge in [0.25, 0.3) is 11.8 Å². The van der Waals surface area contributed by atoms with Crippen molar-refractivity contribution in [2.75, 3.05) is 18.6 Å². The molecule has 8 nitrogen and oxygen atoms in total. The normalized spacial score (nSPS) is 31.2. The maximum absolute atomic E-state index is 15.1. The molecular formula is C29H21Cl2F5N2O6. The molecule has 1 saturated carbocycles. The van der Waals surface area contributed by atoms with Crippen LogP contribution < -0.4 is 9.64 Å².